The van der Waals surface area contributed by atoms with Crippen molar-refractivity contribution in [2.24, 2.45) is 11.8 Å². The third-order valence-electron chi connectivity index (χ3n) is 12.9. The molecular formula is C53H78N6O18S. The summed E-state index contributed by atoms with van der Waals surface area (Å²) in [6, 6.07) is 6.82. The van der Waals surface area contributed by atoms with E-state index in [1.165, 1.54) is 23.9 Å². The number of nitrogens with one attached hydrogen (secondary N) is 1. The second kappa shape index (κ2) is 37.9. The van der Waals surface area contributed by atoms with Crippen molar-refractivity contribution >= 4 is 76.5 Å². The summed E-state index contributed by atoms with van der Waals surface area (Å²) in [5.41, 5.74) is 1.12. The third-order valence-corrected chi connectivity index (χ3v) is 13.6. The van der Waals surface area contributed by atoms with E-state index in [4.69, 9.17) is 14.2 Å². The van der Waals surface area contributed by atoms with Crippen LogP contribution in [0, 0.1) is 11.8 Å². The van der Waals surface area contributed by atoms with Crippen LogP contribution in [0.2, 0.25) is 0 Å². The molecule has 78 heavy (non-hydrogen) atoms. The van der Waals surface area contributed by atoms with Gasteiger partial charge in [-0.05, 0) is 55.7 Å². The fourth-order valence-corrected chi connectivity index (χ4v) is 9.12. The van der Waals surface area contributed by atoms with Gasteiger partial charge in [0.15, 0.2) is 17.3 Å². The molecule has 0 aromatic heterocycles. The number of hydrogen-bond donors (Lipinski definition) is 5. The molecule has 0 bridgehead atoms. The number of unbranched alkanes of at least 4 members (excludes halogenated alkanes) is 1. The van der Waals surface area contributed by atoms with Gasteiger partial charge in [-0.15, -0.1) is 0 Å². The summed E-state index contributed by atoms with van der Waals surface area (Å²) in [4.78, 5) is 143. The second-order valence-corrected chi connectivity index (χ2v) is 20.2. The molecule has 25 heteroatoms. The Labute approximate surface area is 459 Å². The molecule has 1 fully saturated rings. The molecule has 3 amide bonds. The summed E-state index contributed by atoms with van der Waals surface area (Å²) in [5.74, 6) is -7.74. The van der Waals surface area contributed by atoms with Crippen LogP contribution >= 0.6 is 11.8 Å². The van der Waals surface area contributed by atoms with Crippen LogP contribution in [-0.2, 0) is 68.6 Å². The average molecular weight is 1120 g/mol. The molecule has 0 spiro atoms. The van der Waals surface area contributed by atoms with E-state index in [1.807, 2.05) is 11.2 Å². The number of rotatable bonds is 40. The first-order chi connectivity index (χ1) is 37.3. The van der Waals surface area contributed by atoms with Crippen molar-refractivity contribution in [3.63, 3.8) is 0 Å². The largest absolute Gasteiger partial charge is 0.481 e. The highest BCUT2D eigenvalue weighted by Crippen LogP contribution is 2.19. The number of ether oxygens (including phenoxy) is 3. The minimum atomic E-state index is -1.17. The van der Waals surface area contributed by atoms with Gasteiger partial charge in [0.2, 0.25) is 5.91 Å². The number of Topliss-reactive ketones (excluding diaryl/α,β-unsaturated/α-hetero) is 4. The Kier molecular flexibility index (Phi) is 32.3. The van der Waals surface area contributed by atoms with Crippen LogP contribution in [0.15, 0.2) is 36.4 Å². The Morgan fingerprint density at radius 2 is 1.14 bits per heavy atom. The van der Waals surface area contributed by atoms with E-state index in [9.17, 15) is 73.2 Å². The molecule has 1 aromatic carbocycles. The van der Waals surface area contributed by atoms with Gasteiger partial charge in [-0.25, -0.2) is 0 Å². The van der Waals surface area contributed by atoms with Crippen LogP contribution in [0.5, 0.6) is 0 Å². The van der Waals surface area contributed by atoms with Gasteiger partial charge in [0.1, 0.15) is 12.4 Å². The smallest absolute Gasteiger partial charge is 0.317 e. The van der Waals surface area contributed by atoms with Gasteiger partial charge < -0.3 is 40.0 Å². The minimum absolute atomic E-state index is 0.0511. The number of hydrogen-bond acceptors (Lipinski definition) is 19. The summed E-state index contributed by atoms with van der Waals surface area (Å²) in [6.45, 7) is 2.64. The first kappa shape index (κ1) is 66.5. The molecule has 0 radical (unpaired) electrons. The molecule has 2 atom stereocenters. The third kappa shape index (κ3) is 28.7. The van der Waals surface area contributed by atoms with Gasteiger partial charge in [0, 0.05) is 115 Å². The zero-order valence-corrected chi connectivity index (χ0v) is 45.5. The van der Waals surface area contributed by atoms with E-state index in [0.29, 0.717) is 76.2 Å². The number of carboxylic acids is 4. The number of aryl methyl sites for hydroxylation is 1. The molecule has 0 saturated carbocycles. The van der Waals surface area contributed by atoms with Crippen molar-refractivity contribution in [3.8, 4) is 0 Å². The molecule has 3 rings (SSSR count). The van der Waals surface area contributed by atoms with Crippen LogP contribution in [-0.4, -0.2) is 253 Å². The molecule has 0 unspecified atom stereocenters. The lowest BCUT2D eigenvalue weighted by atomic mass is 9.93. The summed E-state index contributed by atoms with van der Waals surface area (Å²) in [6.07, 6.45) is 6.23. The second-order valence-electron chi connectivity index (χ2n) is 19.2. The highest BCUT2D eigenvalue weighted by atomic mass is 32.2. The number of aliphatic carboxylic acids is 4. The molecule has 1 aromatic rings. The highest BCUT2D eigenvalue weighted by Gasteiger charge is 2.27. The van der Waals surface area contributed by atoms with Crippen molar-refractivity contribution in [1.29, 1.82) is 0 Å². The van der Waals surface area contributed by atoms with E-state index in [-0.39, 0.29) is 141 Å². The van der Waals surface area contributed by atoms with E-state index >= 15 is 0 Å². The number of imide groups is 1. The molecule has 24 nitrogen and oxygen atoms in total. The predicted molar refractivity (Wildman–Crippen MR) is 284 cm³/mol. The van der Waals surface area contributed by atoms with Gasteiger partial charge in [0.05, 0.1) is 65.1 Å². The first-order valence-electron chi connectivity index (χ1n) is 26.3. The summed E-state index contributed by atoms with van der Waals surface area (Å²) in [7, 11) is 0. The number of carbonyl (C=O) groups excluding carboxylic acids is 7. The van der Waals surface area contributed by atoms with Crippen molar-refractivity contribution in [2.45, 2.75) is 64.2 Å². The Hall–Kier alpha value is -5.80. The molecule has 2 heterocycles. The summed E-state index contributed by atoms with van der Waals surface area (Å²) >= 11 is 1.50. The normalized spacial score (nSPS) is 16.0. The lowest BCUT2D eigenvalue weighted by Crippen LogP contribution is -2.49. The highest BCUT2D eigenvalue weighted by molar-refractivity contribution is 7.98. The molecular weight excluding hydrogens is 1040 g/mol. The molecule has 1 saturated heterocycles. The number of benzene rings is 1. The number of carbonyl (C=O) groups is 11. The Bertz CT molecular complexity index is 2150. The monoisotopic (exact) mass is 1120 g/mol. The van der Waals surface area contributed by atoms with Gasteiger partial charge >= 0.3 is 23.9 Å². The van der Waals surface area contributed by atoms with Gasteiger partial charge in [-0.2, -0.15) is 11.8 Å². The van der Waals surface area contributed by atoms with Crippen LogP contribution in [0.1, 0.15) is 73.7 Å². The average Bonchev–Trinajstić information content (AvgIpc) is 3.71. The van der Waals surface area contributed by atoms with E-state index in [2.05, 4.69) is 5.32 Å². The predicted octanol–water partition coefficient (Wildman–Crippen LogP) is 0.876. The first-order valence-corrected chi connectivity index (χ1v) is 27.7. The molecule has 2 aliphatic heterocycles. The molecule has 5 N–H and O–H groups in total. The van der Waals surface area contributed by atoms with Crippen LogP contribution < -0.4 is 5.32 Å². The topological polar surface area (TPSA) is 325 Å². The van der Waals surface area contributed by atoms with Gasteiger partial charge in [0.25, 0.3) is 11.8 Å². The maximum Gasteiger partial charge on any atom is 0.317 e. The number of nitrogens with zero attached hydrogens (tertiary/aromatic N) is 5. The number of ketones is 4. The summed E-state index contributed by atoms with van der Waals surface area (Å²) in [5, 5.41) is 40.5. The van der Waals surface area contributed by atoms with Crippen LogP contribution in [0.4, 0.5) is 0 Å². The number of carboxylic acid groups (broad SMARTS) is 4. The van der Waals surface area contributed by atoms with E-state index in [1.54, 1.807) is 39.0 Å². The van der Waals surface area contributed by atoms with Gasteiger partial charge in [-0.1, -0.05) is 24.6 Å². The fourth-order valence-electron chi connectivity index (χ4n) is 8.60. The lowest BCUT2D eigenvalue weighted by Gasteiger charge is -2.32. The quantitative estimate of drug-likeness (QED) is 0.0346. The fraction of sp³-hybridized carbons (Fsp3) is 0.642. The molecule has 0 aliphatic carbocycles. The van der Waals surface area contributed by atoms with Crippen molar-refractivity contribution in [2.75, 3.05) is 143 Å². The minimum Gasteiger partial charge on any atom is -0.481 e. The zero-order valence-electron chi connectivity index (χ0n) is 44.7. The number of amides is 3. The molecule has 434 valence electrons. The summed E-state index contributed by atoms with van der Waals surface area (Å²) < 4.78 is 16.6. The molecule has 2 aliphatic rings. The Morgan fingerprint density at radius 1 is 0.603 bits per heavy atom. The van der Waals surface area contributed by atoms with Crippen LogP contribution in [0.25, 0.3) is 0 Å². The van der Waals surface area contributed by atoms with Crippen molar-refractivity contribution in [3.05, 3.63) is 47.5 Å². The maximum absolute atomic E-state index is 13.4. The number of thioether (sulfide) groups is 1. The Balaban J connectivity index is 1.30. The van der Waals surface area contributed by atoms with Crippen molar-refractivity contribution in [1.82, 2.24) is 29.8 Å². The SMILES string of the molecule is CSCC[C@H](CC(=O)c1cccc(CCC(=O)COCCOCCOCCCC(=O)CN2CCN(CC(=O)O)CCN(CC(=O)O)CCN(CC(=O)O)CC2)c1)C(=O)NCC(=O)C[C@@H](CCCCN1C(=O)C=CC1=O)C(=O)O. The maximum atomic E-state index is 13.4. The Morgan fingerprint density at radius 3 is 1.68 bits per heavy atom. The van der Waals surface area contributed by atoms with Crippen molar-refractivity contribution < 1.29 is 87.4 Å². The van der Waals surface area contributed by atoms with Gasteiger partial charge in [-0.3, -0.25) is 77.2 Å². The standard InChI is InChI=1S/C53H78N6O18S/c1-78-29-14-41(52(72)54-33-45(62)31-42(53(73)74)7-2-3-15-59-47(64)12-13-48(59)65)32-46(63)40-8-4-6-39(30-40)10-11-44(61)38-77-28-27-76-26-25-75-24-5-9-43(60)34-55-16-18-56(35-49(66)67)20-22-58(37-51(70)71)23-21-57(19-17-55)36-50(68)69/h4,6,8,12-13,30,41-42H,2-3,5,7,9-11,14-29,31-38H2,1H3,(H,54,72)(H,66,67)(H,68,69)(H,70,71)(H,73,74)/t41-,42-/m1/s1. The van der Waals surface area contributed by atoms with Crippen LogP contribution in [0.3, 0.4) is 0 Å². The zero-order chi connectivity index (χ0) is 57.2. The van der Waals surface area contributed by atoms with E-state index < -0.39 is 65.8 Å². The lowest BCUT2D eigenvalue weighted by molar-refractivity contribution is -0.144. The van der Waals surface area contributed by atoms with E-state index in [0.717, 1.165) is 10.5 Å².